The van der Waals surface area contributed by atoms with Crippen LogP contribution in [0.3, 0.4) is 0 Å². The first-order chi connectivity index (χ1) is 9.15. The Morgan fingerprint density at radius 1 is 1.21 bits per heavy atom. The molecule has 5 nitrogen and oxygen atoms in total. The van der Waals surface area contributed by atoms with Crippen LogP contribution in [0.15, 0.2) is 0 Å². The number of anilines is 1. The number of hydrogen-bond donors (Lipinski definition) is 3. The fourth-order valence-corrected chi connectivity index (χ4v) is 3.87. The Labute approximate surface area is 115 Å². The van der Waals surface area contributed by atoms with E-state index < -0.39 is 5.97 Å². The van der Waals surface area contributed by atoms with Gasteiger partial charge in [0, 0.05) is 10.9 Å². The number of fused-ring (bicyclic) bond motifs is 1. The zero-order valence-corrected chi connectivity index (χ0v) is 11.3. The lowest BCUT2D eigenvalue weighted by atomic mass is 9.93. The third kappa shape index (κ3) is 2.32. The summed E-state index contributed by atoms with van der Waals surface area (Å²) in [6.45, 7) is 0. The van der Waals surface area contributed by atoms with E-state index in [1.807, 2.05) is 0 Å². The van der Waals surface area contributed by atoms with Gasteiger partial charge in [0.1, 0.15) is 5.00 Å². The van der Waals surface area contributed by atoms with Gasteiger partial charge in [0.15, 0.2) is 0 Å². The van der Waals surface area contributed by atoms with Gasteiger partial charge in [-0.15, -0.1) is 11.3 Å². The number of hydrogen-bond acceptors (Lipinski definition) is 3. The molecule has 1 fully saturated rings. The van der Waals surface area contributed by atoms with Crippen molar-refractivity contribution in [2.24, 2.45) is 0 Å². The maximum atomic E-state index is 11.8. The summed E-state index contributed by atoms with van der Waals surface area (Å²) in [5.41, 5.74) is 1.21. The van der Waals surface area contributed by atoms with Crippen molar-refractivity contribution < 1.29 is 14.7 Å². The van der Waals surface area contributed by atoms with Gasteiger partial charge >= 0.3 is 12.0 Å². The molecule has 1 saturated carbocycles. The molecule has 2 amide bonds. The number of aromatic carboxylic acids is 1. The highest BCUT2D eigenvalue weighted by Crippen LogP contribution is 2.39. The van der Waals surface area contributed by atoms with Crippen molar-refractivity contribution >= 4 is 28.3 Å². The smallest absolute Gasteiger partial charge is 0.339 e. The Kier molecular flexibility index (Phi) is 3.18. The molecule has 19 heavy (non-hydrogen) atoms. The standard InChI is InChI=1S/C13H16N2O3S/c16-12(17)10-8-5-2-6-9(8)19-11(10)15-13(18)14-7-3-1-4-7/h7H,1-6H2,(H,16,17)(H2,14,15,18). The van der Waals surface area contributed by atoms with Gasteiger partial charge in [-0.1, -0.05) is 0 Å². The van der Waals surface area contributed by atoms with E-state index >= 15 is 0 Å². The van der Waals surface area contributed by atoms with Crippen LogP contribution in [0.4, 0.5) is 9.80 Å². The van der Waals surface area contributed by atoms with Crippen LogP contribution in [-0.4, -0.2) is 23.1 Å². The summed E-state index contributed by atoms with van der Waals surface area (Å²) >= 11 is 1.41. The lowest BCUT2D eigenvalue weighted by Crippen LogP contribution is -2.41. The fraction of sp³-hybridized carbons (Fsp3) is 0.538. The van der Waals surface area contributed by atoms with Gasteiger partial charge < -0.3 is 10.4 Å². The second-order valence-corrected chi connectivity index (χ2v) is 6.20. The number of carboxylic acids is 1. The van der Waals surface area contributed by atoms with E-state index in [2.05, 4.69) is 10.6 Å². The molecule has 0 aromatic carbocycles. The van der Waals surface area contributed by atoms with Gasteiger partial charge in [0.25, 0.3) is 0 Å². The van der Waals surface area contributed by atoms with Crippen molar-refractivity contribution in [3.8, 4) is 0 Å². The normalized spacial score (nSPS) is 17.7. The molecule has 3 rings (SSSR count). The molecule has 0 unspecified atom stereocenters. The number of carbonyl (C=O) groups excluding carboxylic acids is 1. The van der Waals surface area contributed by atoms with E-state index in [1.54, 1.807) is 0 Å². The first kappa shape index (κ1) is 12.5. The molecule has 1 aromatic heterocycles. The minimum absolute atomic E-state index is 0.250. The van der Waals surface area contributed by atoms with E-state index in [-0.39, 0.29) is 12.1 Å². The average Bonchev–Trinajstić information content (AvgIpc) is 2.82. The van der Waals surface area contributed by atoms with Gasteiger partial charge in [-0.05, 0) is 44.1 Å². The van der Waals surface area contributed by atoms with Crippen LogP contribution in [0.2, 0.25) is 0 Å². The van der Waals surface area contributed by atoms with Crippen LogP contribution in [0.25, 0.3) is 0 Å². The molecule has 0 radical (unpaired) electrons. The van der Waals surface area contributed by atoms with Crippen LogP contribution >= 0.6 is 11.3 Å². The molecular weight excluding hydrogens is 264 g/mol. The van der Waals surface area contributed by atoms with Gasteiger partial charge in [-0.3, -0.25) is 5.32 Å². The fourth-order valence-electron chi connectivity index (χ4n) is 2.60. The monoisotopic (exact) mass is 280 g/mol. The maximum absolute atomic E-state index is 11.8. The molecular formula is C13H16N2O3S. The molecule has 0 atom stereocenters. The van der Waals surface area contributed by atoms with E-state index in [4.69, 9.17) is 0 Å². The predicted molar refractivity (Wildman–Crippen MR) is 73.1 cm³/mol. The number of carbonyl (C=O) groups is 2. The molecule has 2 aliphatic carbocycles. The minimum Gasteiger partial charge on any atom is -0.478 e. The molecule has 1 aromatic rings. The van der Waals surface area contributed by atoms with Crippen molar-refractivity contribution in [2.75, 3.05) is 5.32 Å². The number of urea groups is 1. The molecule has 0 saturated heterocycles. The highest BCUT2D eigenvalue weighted by molar-refractivity contribution is 7.17. The van der Waals surface area contributed by atoms with Gasteiger partial charge in [-0.2, -0.15) is 0 Å². The van der Waals surface area contributed by atoms with Gasteiger partial charge in [0.05, 0.1) is 5.56 Å². The van der Waals surface area contributed by atoms with Gasteiger partial charge in [0.2, 0.25) is 0 Å². The highest BCUT2D eigenvalue weighted by Gasteiger charge is 2.28. The number of thiophene rings is 1. The van der Waals surface area contributed by atoms with Crippen LogP contribution < -0.4 is 10.6 Å². The van der Waals surface area contributed by atoms with Gasteiger partial charge in [-0.25, -0.2) is 9.59 Å². The summed E-state index contributed by atoms with van der Waals surface area (Å²) < 4.78 is 0. The Morgan fingerprint density at radius 2 is 2.00 bits per heavy atom. The number of carboxylic acid groups (broad SMARTS) is 1. The van der Waals surface area contributed by atoms with E-state index in [1.165, 1.54) is 11.3 Å². The van der Waals surface area contributed by atoms with Crippen molar-refractivity contribution in [3.63, 3.8) is 0 Å². The summed E-state index contributed by atoms with van der Waals surface area (Å²) in [4.78, 5) is 24.3. The largest absolute Gasteiger partial charge is 0.478 e. The SMILES string of the molecule is O=C(Nc1sc2c(c1C(=O)O)CCC2)NC1CCC1. The molecule has 0 aliphatic heterocycles. The number of nitrogens with one attached hydrogen (secondary N) is 2. The van der Waals surface area contributed by atoms with Crippen molar-refractivity contribution in [1.82, 2.24) is 5.32 Å². The molecule has 3 N–H and O–H groups in total. The zero-order valence-electron chi connectivity index (χ0n) is 10.5. The maximum Gasteiger partial charge on any atom is 0.339 e. The number of rotatable bonds is 3. The minimum atomic E-state index is -0.946. The molecule has 102 valence electrons. The summed E-state index contributed by atoms with van der Waals surface area (Å²) in [5, 5.41) is 15.4. The number of amides is 2. The quantitative estimate of drug-likeness (QED) is 0.796. The highest BCUT2D eigenvalue weighted by atomic mass is 32.1. The first-order valence-corrected chi connectivity index (χ1v) is 7.42. The van der Waals surface area contributed by atoms with Crippen molar-refractivity contribution in [3.05, 3.63) is 16.0 Å². The predicted octanol–water partition coefficient (Wildman–Crippen LogP) is 2.61. The van der Waals surface area contributed by atoms with Crippen LogP contribution in [-0.2, 0) is 12.8 Å². The van der Waals surface area contributed by atoms with Crippen LogP contribution in [0.5, 0.6) is 0 Å². The summed E-state index contributed by atoms with van der Waals surface area (Å²) in [6, 6.07) is -0.0350. The molecule has 1 heterocycles. The van der Waals surface area contributed by atoms with E-state index in [0.29, 0.717) is 10.6 Å². The molecule has 2 aliphatic rings. The third-order valence-corrected chi connectivity index (χ3v) is 5.01. The topological polar surface area (TPSA) is 78.4 Å². The van der Waals surface area contributed by atoms with Crippen LogP contribution in [0.1, 0.15) is 46.5 Å². The Morgan fingerprint density at radius 3 is 2.63 bits per heavy atom. The summed E-state index contributed by atoms with van der Waals surface area (Å²) in [7, 11) is 0. The lowest BCUT2D eigenvalue weighted by molar-refractivity contribution is 0.0697. The number of aryl methyl sites for hydroxylation is 1. The van der Waals surface area contributed by atoms with Crippen LogP contribution in [0, 0.1) is 0 Å². The second-order valence-electron chi connectivity index (χ2n) is 5.09. The molecule has 0 bridgehead atoms. The Hall–Kier alpha value is -1.56. The molecule has 0 spiro atoms. The lowest BCUT2D eigenvalue weighted by Gasteiger charge is -2.26. The summed E-state index contributed by atoms with van der Waals surface area (Å²) in [5.74, 6) is -0.946. The zero-order chi connectivity index (χ0) is 13.4. The second kappa shape index (κ2) is 4.85. The van der Waals surface area contributed by atoms with Crippen molar-refractivity contribution in [2.45, 2.75) is 44.6 Å². The third-order valence-electron chi connectivity index (χ3n) is 3.80. The Bertz CT molecular complexity index is 534. The van der Waals surface area contributed by atoms with E-state index in [9.17, 15) is 14.7 Å². The first-order valence-electron chi connectivity index (χ1n) is 6.60. The van der Waals surface area contributed by atoms with Crippen molar-refractivity contribution in [1.29, 1.82) is 0 Å². The molecule has 6 heteroatoms. The van der Waals surface area contributed by atoms with E-state index in [0.717, 1.165) is 49.0 Å². The summed E-state index contributed by atoms with van der Waals surface area (Å²) in [6.07, 6.45) is 5.92. The Balaban J connectivity index is 1.76. The average molecular weight is 280 g/mol.